The Morgan fingerprint density at radius 2 is 1.76 bits per heavy atom. The zero-order chi connectivity index (χ0) is 20.2. The number of hydrogen-bond donors (Lipinski definition) is 1. The van der Waals surface area contributed by atoms with Gasteiger partial charge in [0.2, 0.25) is 5.91 Å². The molecule has 2 atom stereocenters. The number of rotatable bonds is 5. The topological polar surface area (TPSA) is 64.2 Å². The summed E-state index contributed by atoms with van der Waals surface area (Å²) >= 11 is 0. The second-order valence-corrected chi connectivity index (χ2v) is 7.36. The molecule has 1 aromatic heterocycles. The molecule has 1 heterocycles. The monoisotopic (exact) mass is 385 g/mol. The molecule has 1 amide bonds. The molecular formula is C23H23N5O. The molecule has 0 aliphatic heterocycles. The van der Waals surface area contributed by atoms with Crippen LogP contribution in [-0.4, -0.2) is 27.2 Å². The Labute approximate surface area is 170 Å². The van der Waals surface area contributed by atoms with Crippen molar-refractivity contribution in [3.05, 3.63) is 66.3 Å². The van der Waals surface area contributed by atoms with E-state index in [0.717, 1.165) is 41.8 Å². The summed E-state index contributed by atoms with van der Waals surface area (Å²) in [6, 6.07) is 16.1. The molecule has 2 aromatic carbocycles. The van der Waals surface area contributed by atoms with Gasteiger partial charge in [0.1, 0.15) is 6.33 Å². The zero-order valence-electron chi connectivity index (χ0n) is 16.4. The first kappa shape index (κ1) is 18.9. The van der Waals surface area contributed by atoms with E-state index in [4.69, 9.17) is 6.57 Å². The van der Waals surface area contributed by atoms with E-state index in [-0.39, 0.29) is 17.9 Å². The van der Waals surface area contributed by atoms with E-state index in [1.54, 1.807) is 6.33 Å². The van der Waals surface area contributed by atoms with Gasteiger partial charge in [-0.15, -0.1) is 10.2 Å². The lowest BCUT2D eigenvalue weighted by Gasteiger charge is -2.15. The van der Waals surface area contributed by atoms with Crippen molar-refractivity contribution in [2.75, 3.05) is 6.54 Å². The minimum Gasteiger partial charge on any atom is -0.356 e. The fraction of sp³-hybridized carbons (Fsp3) is 0.304. The van der Waals surface area contributed by atoms with E-state index < -0.39 is 0 Å². The first-order valence-corrected chi connectivity index (χ1v) is 9.95. The lowest BCUT2D eigenvalue weighted by Crippen LogP contribution is -2.29. The van der Waals surface area contributed by atoms with Crippen molar-refractivity contribution < 1.29 is 4.79 Å². The van der Waals surface area contributed by atoms with Gasteiger partial charge in [-0.05, 0) is 37.3 Å². The van der Waals surface area contributed by atoms with Gasteiger partial charge in [-0.2, -0.15) is 0 Å². The number of hydrogen-bond acceptors (Lipinski definition) is 3. The maximum Gasteiger partial charge on any atom is 0.223 e. The van der Waals surface area contributed by atoms with Gasteiger partial charge in [-0.3, -0.25) is 4.79 Å². The maximum atomic E-state index is 12.2. The number of nitrogens with zero attached hydrogens (tertiary/aromatic N) is 4. The van der Waals surface area contributed by atoms with Crippen molar-refractivity contribution in [3.8, 4) is 22.5 Å². The van der Waals surface area contributed by atoms with Crippen molar-refractivity contribution in [1.29, 1.82) is 0 Å². The highest BCUT2D eigenvalue weighted by atomic mass is 16.1. The molecule has 0 saturated heterocycles. The molecule has 146 valence electrons. The van der Waals surface area contributed by atoms with E-state index in [1.165, 1.54) is 0 Å². The third-order valence-corrected chi connectivity index (χ3v) is 5.57. The lowest BCUT2D eigenvalue weighted by molar-refractivity contribution is -0.124. The molecule has 1 aliphatic rings. The van der Waals surface area contributed by atoms with Crippen LogP contribution in [0.5, 0.6) is 0 Å². The average molecular weight is 385 g/mol. The minimum absolute atomic E-state index is 0.0657. The van der Waals surface area contributed by atoms with Crippen LogP contribution in [0.2, 0.25) is 0 Å². The molecule has 1 saturated carbocycles. The quantitative estimate of drug-likeness (QED) is 0.651. The van der Waals surface area contributed by atoms with Crippen LogP contribution in [0, 0.1) is 12.5 Å². The predicted molar refractivity (Wildman–Crippen MR) is 112 cm³/mol. The summed E-state index contributed by atoms with van der Waals surface area (Å²) in [6.45, 7) is 9.68. The summed E-state index contributed by atoms with van der Waals surface area (Å²) in [6.07, 6.45) is 4.45. The summed E-state index contributed by atoms with van der Waals surface area (Å²) in [5.41, 5.74) is 3.81. The fourth-order valence-electron chi connectivity index (χ4n) is 4.02. The summed E-state index contributed by atoms with van der Waals surface area (Å²) in [7, 11) is 0. The number of nitrogens with one attached hydrogen (secondary N) is 1. The Morgan fingerprint density at radius 1 is 1.10 bits per heavy atom. The van der Waals surface area contributed by atoms with Crippen LogP contribution < -0.4 is 5.32 Å². The molecule has 4 rings (SSSR count). The average Bonchev–Trinajstić information content (AvgIpc) is 3.44. The highest BCUT2D eigenvalue weighted by Gasteiger charge is 2.31. The molecule has 29 heavy (non-hydrogen) atoms. The molecule has 0 bridgehead atoms. The molecule has 1 aliphatic carbocycles. The summed E-state index contributed by atoms with van der Waals surface area (Å²) in [5, 5.41) is 11.4. The second-order valence-electron chi connectivity index (χ2n) is 7.36. The van der Waals surface area contributed by atoms with Crippen LogP contribution in [0.15, 0.2) is 54.9 Å². The largest absolute Gasteiger partial charge is 0.356 e. The van der Waals surface area contributed by atoms with Gasteiger partial charge in [-0.25, -0.2) is 4.85 Å². The van der Waals surface area contributed by atoms with Crippen molar-refractivity contribution in [2.45, 2.75) is 32.2 Å². The predicted octanol–water partition coefficient (Wildman–Crippen LogP) is 4.64. The van der Waals surface area contributed by atoms with Crippen LogP contribution in [0.4, 0.5) is 5.69 Å². The van der Waals surface area contributed by atoms with Crippen LogP contribution in [-0.2, 0) is 4.79 Å². The lowest BCUT2D eigenvalue weighted by atomic mass is 10.0. The molecular weight excluding hydrogens is 362 g/mol. The smallest absolute Gasteiger partial charge is 0.223 e. The Balaban J connectivity index is 1.52. The van der Waals surface area contributed by atoms with Crippen molar-refractivity contribution in [2.24, 2.45) is 5.92 Å². The first-order chi connectivity index (χ1) is 14.2. The third kappa shape index (κ3) is 3.90. The number of benzene rings is 2. The van der Waals surface area contributed by atoms with Gasteiger partial charge < -0.3 is 9.88 Å². The van der Waals surface area contributed by atoms with Gasteiger partial charge >= 0.3 is 0 Å². The Bertz CT molecular complexity index is 1030. The van der Waals surface area contributed by atoms with Crippen LogP contribution in [0.25, 0.3) is 27.4 Å². The van der Waals surface area contributed by atoms with E-state index in [9.17, 15) is 4.79 Å². The van der Waals surface area contributed by atoms with Gasteiger partial charge in [0.05, 0.1) is 6.57 Å². The Morgan fingerprint density at radius 3 is 2.41 bits per heavy atom. The molecule has 3 aromatic rings. The summed E-state index contributed by atoms with van der Waals surface area (Å²) in [4.78, 5) is 15.6. The molecule has 1 fully saturated rings. The van der Waals surface area contributed by atoms with Crippen LogP contribution in [0.3, 0.4) is 0 Å². The van der Waals surface area contributed by atoms with Crippen LogP contribution in [0.1, 0.15) is 32.2 Å². The summed E-state index contributed by atoms with van der Waals surface area (Å²) < 4.78 is 2.11. The third-order valence-electron chi connectivity index (χ3n) is 5.57. The fourth-order valence-corrected chi connectivity index (χ4v) is 4.02. The second kappa shape index (κ2) is 8.27. The SMILES string of the molecule is [C-]#[N+]c1ccc(-c2ccc(-c3nncn3[C@@H]3CC[C@H](C(=O)NCC)C3)cc2)cc1. The highest BCUT2D eigenvalue weighted by molar-refractivity contribution is 5.79. The Hall–Kier alpha value is -3.46. The minimum atomic E-state index is 0.0657. The standard InChI is InChI=1S/C23H23N5O/c1-3-25-23(29)19-10-13-21(14-19)28-15-26-27-22(28)18-6-4-16(5-7-18)17-8-11-20(24-2)12-9-17/h4-9,11-12,15,19,21H,3,10,13-14H2,1H3,(H,25,29)/t19-,21+/m0/s1. The molecule has 6 nitrogen and oxygen atoms in total. The molecule has 0 unspecified atom stereocenters. The Kier molecular flexibility index (Phi) is 5.39. The number of carbonyl (C=O) groups is 1. The number of aromatic nitrogens is 3. The summed E-state index contributed by atoms with van der Waals surface area (Å²) in [5.74, 6) is 1.05. The number of carbonyl (C=O) groups excluding carboxylic acids is 1. The van der Waals surface area contributed by atoms with Crippen molar-refractivity contribution in [1.82, 2.24) is 20.1 Å². The van der Waals surface area contributed by atoms with Gasteiger partial charge in [-0.1, -0.05) is 48.5 Å². The zero-order valence-corrected chi connectivity index (χ0v) is 16.4. The van der Waals surface area contributed by atoms with E-state index >= 15 is 0 Å². The van der Waals surface area contributed by atoms with Crippen molar-refractivity contribution in [3.63, 3.8) is 0 Å². The van der Waals surface area contributed by atoms with Crippen molar-refractivity contribution >= 4 is 11.6 Å². The molecule has 0 spiro atoms. The van der Waals surface area contributed by atoms with Gasteiger partial charge in [0, 0.05) is 24.1 Å². The molecule has 6 heteroatoms. The van der Waals surface area contributed by atoms with Gasteiger partial charge in [0.15, 0.2) is 11.5 Å². The highest BCUT2D eigenvalue weighted by Crippen LogP contribution is 2.37. The van der Waals surface area contributed by atoms with E-state index in [0.29, 0.717) is 12.2 Å². The van der Waals surface area contributed by atoms with Gasteiger partial charge in [0.25, 0.3) is 0 Å². The van der Waals surface area contributed by atoms with Crippen LogP contribution >= 0.6 is 0 Å². The maximum absolute atomic E-state index is 12.2. The van der Waals surface area contributed by atoms with E-state index in [2.05, 4.69) is 49.2 Å². The number of amides is 1. The normalized spacial score (nSPS) is 18.3. The molecule has 1 N–H and O–H groups in total. The molecule has 0 radical (unpaired) electrons. The first-order valence-electron chi connectivity index (χ1n) is 9.95. The van der Waals surface area contributed by atoms with E-state index in [1.807, 2.05) is 31.2 Å².